The van der Waals surface area contributed by atoms with Crippen molar-refractivity contribution >= 4 is 0 Å². The Morgan fingerprint density at radius 2 is 1.71 bits per heavy atom. The number of ether oxygens (including phenoxy) is 3. The number of hydrogen-bond donors (Lipinski definition) is 1. The Morgan fingerprint density at radius 3 is 2.48 bits per heavy atom. The third-order valence-electron chi connectivity index (χ3n) is 3.83. The van der Waals surface area contributed by atoms with Crippen LogP contribution in [0.15, 0.2) is 24.3 Å². The first kappa shape index (κ1) is 16.1. The molecule has 4 heteroatoms. The van der Waals surface area contributed by atoms with Crippen LogP contribution < -0.4 is 15.2 Å². The van der Waals surface area contributed by atoms with Crippen LogP contribution in [0, 0.1) is 0 Å². The highest BCUT2D eigenvalue weighted by Gasteiger charge is 2.20. The van der Waals surface area contributed by atoms with Crippen LogP contribution in [0.2, 0.25) is 0 Å². The highest BCUT2D eigenvalue weighted by Crippen LogP contribution is 2.26. The Labute approximate surface area is 127 Å². The van der Waals surface area contributed by atoms with Gasteiger partial charge in [0.1, 0.15) is 6.61 Å². The van der Waals surface area contributed by atoms with E-state index in [0.717, 1.165) is 24.3 Å². The molecule has 0 radical (unpaired) electrons. The summed E-state index contributed by atoms with van der Waals surface area (Å²) < 4.78 is 17.2. The minimum atomic E-state index is 0.170. The lowest BCUT2D eigenvalue weighted by molar-refractivity contribution is 0.0148. The van der Waals surface area contributed by atoms with Gasteiger partial charge in [-0.2, -0.15) is 0 Å². The lowest BCUT2D eigenvalue weighted by atomic mass is 10.1. The summed E-state index contributed by atoms with van der Waals surface area (Å²) in [6, 6.07) is 7.89. The molecule has 0 aromatic heterocycles. The lowest BCUT2D eigenvalue weighted by Gasteiger charge is -2.22. The second kappa shape index (κ2) is 8.90. The number of rotatable bonds is 7. The molecule has 21 heavy (non-hydrogen) atoms. The van der Waals surface area contributed by atoms with Crippen LogP contribution in [0.5, 0.6) is 11.5 Å². The molecule has 118 valence electrons. The summed E-state index contributed by atoms with van der Waals surface area (Å²) >= 11 is 0. The Bertz CT molecular complexity index is 411. The molecular weight excluding hydrogens is 266 g/mol. The molecule has 1 aliphatic rings. The lowest BCUT2D eigenvalue weighted by Crippen LogP contribution is -2.36. The fraction of sp³-hybridized carbons (Fsp3) is 0.647. The van der Waals surface area contributed by atoms with Gasteiger partial charge < -0.3 is 19.9 Å². The molecule has 1 fully saturated rings. The maximum absolute atomic E-state index is 6.15. The highest BCUT2D eigenvalue weighted by molar-refractivity contribution is 5.39. The molecule has 0 saturated heterocycles. The van der Waals surface area contributed by atoms with E-state index in [9.17, 15) is 0 Å². The van der Waals surface area contributed by atoms with E-state index in [1.807, 2.05) is 31.2 Å². The second-order valence-corrected chi connectivity index (χ2v) is 5.44. The summed E-state index contributed by atoms with van der Waals surface area (Å²) in [6.45, 7) is 3.69. The van der Waals surface area contributed by atoms with Gasteiger partial charge in [-0.1, -0.05) is 31.4 Å². The van der Waals surface area contributed by atoms with E-state index in [-0.39, 0.29) is 12.1 Å². The Hall–Kier alpha value is -1.26. The third kappa shape index (κ3) is 5.21. The Balaban J connectivity index is 1.74. The van der Waals surface area contributed by atoms with Crippen LogP contribution in [0.3, 0.4) is 0 Å². The van der Waals surface area contributed by atoms with E-state index in [2.05, 4.69) is 0 Å². The van der Waals surface area contributed by atoms with Crippen LogP contribution in [0.1, 0.15) is 39.0 Å². The molecule has 0 heterocycles. The first-order valence-corrected chi connectivity index (χ1v) is 8.03. The van der Waals surface area contributed by atoms with Crippen molar-refractivity contribution in [3.05, 3.63) is 24.3 Å². The first-order chi connectivity index (χ1) is 10.3. The van der Waals surface area contributed by atoms with Crippen molar-refractivity contribution in [1.82, 2.24) is 0 Å². The van der Waals surface area contributed by atoms with E-state index >= 15 is 0 Å². The zero-order valence-electron chi connectivity index (χ0n) is 12.9. The van der Waals surface area contributed by atoms with E-state index in [0.29, 0.717) is 19.8 Å². The van der Waals surface area contributed by atoms with Gasteiger partial charge in [0.25, 0.3) is 0 Å². The summed E-state index contributed by atoms with van der Waals surface area (Å²) in [7, 11) is 0. The van der Waals surface area contributed by atoms with Gasteiger partial charge in [-0.05, 0) is 31.9 Å². The summed E-state index contributed by atoms with van der Waals surface area (Å²) in [6.07, 6.45) is 6.02. The predicted octanol–water partition coefficient (Wildman–Crippen LogP) is 3.14. The molecule has 1 aromatic rings. The summed E-state index contributed by atoms with van der Waals surface area (Å²) in [5.41, 5.74) is 6.15. The Kier molecular flexibility index (Phi) is 6.83. The van der Waals surface area contributed by atoms with E-state index < -0.39 is 0 Å². The van der Waals surface area contributed by atoms with Crippen molar-refractivity contribution in [3.63, 3.8) is 0 Å². The maximum atomic E-state index is 6.15. The molecule has 2 unspecified atom stereocenters. The van der Waals surface area contributed by atoms with Crippen molar-refractivity contribution in [3.8, 4) is 11.5 Å². The minimum Gasteiger partial charge on any atom is -0.490 e. The summed E-state index contributed by atoms with van der Waals surface area (Å²) in [5, 5.41) is 0. The van der Waals surface area contributed by atoms with Gasteiger partial charge in [0, 0.05) is 6.04 Å². The molecule has 0 bridgehead atoms. The maximum Gasteiger partial charge on any atom is 0.161 e. The van der Waals surface area contributed by atoms with E-state index in [1.54, 1.807) is 0 Å². The van der Waals surface area contributed by atoms with Gasteiger partial charge in [-0.15, -0.1) is 0 Å². The molecule has 2 atom stereocenters. The van der Waals surface area contributed by atoms with Crippen molar-refractivity contribution in [2.75, 3.05) is 19.8 Å². The van der Waals surface area contributed by atoms with E-state index in [4.69, 9.17) is 19.9 Å². The molecule has 0 spiro atoms. The number of hydrogen-bond acceptors (Lipinski definition) is 4. The Morgan fingerprint density at radius 1 is 1.00 bits per heavy atom. The van der Waals surface area contributed by atoms with Gasteiger partial charge in [0.05, 0.1) is 19.3 Å². The zero-order valence-corrected chi connectivity index (χ0v) is 12.9. The fourth-order valence-corrected chi connectivity index (χ4v) is 2.70. The first-order valence-electron chi connectivity index (χ1n) is 8.03. The van der Waals surface area contributed by atoms with Gasteiger partial charge in [-0.25, -0.2) is 0 Å². The van der Waals surface area contributed by atoms with Crippen LogP contribution in [0.4, 0.5) is 0 Å². The summed E-state index contributed by atoms with van der Waals surface area (Å²) in [5.74, 6) is 1.55. The standard InChI is InChI=1S/C17H27NO3/c1-2-19-16-10-6-7-11-17(16)21-13-12-20-15-9-5-3-4-8-14(15)18/h6-7,10-11,14-15H,2-5,8-9,12-13,18H2,1H3. The molecule has 1 saturated carbocycles. The molecule has 2 rings (SSSR count). The van der Waals surface area contributed by atoms with Crippen LogP contribution in [-0.4, -0.2) is 32.0 Å². The number of para-hydroxylation sites is 2. The van der Waals surface area contributed by atoms with Gasteiger partial charge in [0.2, 0.25) is 0 Å². The average molecular weight is 293 g/mol. The van der Waals surface area contributed by atoms with Gasteiger partial charge in [-0.3, -0.25) is 0 Å². The molecule has 1 aromatic carbocycles. The SMILES string of the molecule is CCOc1ccccc1OCCOC1CCCCCC1N. The fourth-order valence-electron chi connectivity index (χ4n) is 2.70. The van der Waals surface area contributed by atoms with Gasteiger partial charge in [0.15, 0.2) is 11.5 Å². The average Bonchev–Trinajstić information content (AvgIpc) is 2.70. The molecular formula is C17H27NO3. The normalized spacial score (nSPS) is 22.6. The summed E-state index contributed by atoms with van der Waals surface area (Å²) in [4.78, 5) is 0. The zero-order chi connectivity index (χ0) is 14.9. The van der Waals surface area contributed by atoms with Crippen molar-refractivity contribution < 1.29 is 14.2 Å². The third-order valence-corrected chi connectivity index (χ3v) is 3.83. The van der Waals surface area contributed by atoms with Gasteiger partial charge >= 0.3 is 0 Å². The topological polar surface area (TPSA) is 53.7 Å². The van der Waals surface area contributed by atoms with Crippen molar-refractivity contribution in [2.45, 2.75) is 51.2 Å². The minimum absolute atomic E-state index is 0.170. The second-order valence-electron chi connectivity index (χ2n) is 5.44. The van der Waals surface area contributed by atoms with Crippen LogP contribution >= 0.6 is 0 Å². The van der Waals surface area contributed by atoms with Crippen LogP contribution in [0.25, 0.3) is 0 Å². The monoisotopic (exact) mass is 293 g/mol. The largest absolute Gasteiger partial charge is 0.490 e. The highest BCUT2D eigenvalue weighted by atomic mass is 16.5. The quantitative estimate of drug-likeness (QED) is 0.620. The molecule has 2 N–H and O–H groups in total. The molecule has 0 amide bonds. The van der Waals surface area contributed by atoms with Crippen LogP contribution in [-0.2, 0) is 4.74 Å². The van der Waals surface area contributed by atoms with Crippen molar-refractivity contribution in [2.24, 2.45) is 5.73 Å². The number of nitrogens with two attached hydrogens (primary N) is 1. The number of benzene rings is 1. The smallest absolute Gasteiger partial charge is 0.161 e. The molecule has 0 aliphatic heterocycles. The molecule has 1 aliphatic carbocycles. The van der Waals surface area contributed by atoms with E-state index in [1.165, 1.54) is 19.3 Å². The predicted molar refractivity (Wildman–Crippen MR) is 83.9 cm³/mol. The molecule has 4 nitrogen and oxygen atoms in total. The van der Waals surface area contributed by atoms with Crippen molar-refractivity contribution in [1.29, 1.82) is 0 Å².